The van der Waals surface area contributed by atoms with E-state index < -0.39 is 11.9 Å². The first-order chi connectivity index (χ1) is 15.7. The van der Waals surface area contributed by atoms with Gasteiger partial charge in [0.05, 0.1) is 16.8 Å². The van der Waals surface area contributed by atoms with Crippen molar-refractivity contribution in [1.29, 1.82) is 0 Å². The lowest BCUT2D eigenvalue weighted by Crippen LogP contribution is -2.18. The van der Waals surface area contributed by atoms with Gasteiger partial charge in [0.15, 0.2) is 0 Å². The predicted octanol–water partition coefficient (Wildman–Crippen LogP) is 5.59. The largest absolute Gasteiger partial charge is 0.422 e. The maximum Gasteiger partial charge on any atom is 0.345 e. The lowest BCUT2D eigenvalue weighted by molar-refractivity contribution is -0.114. The Labute approximate surface area is 204 Å². The number of carbonyl (C=O) groups is 3. The predicted molar refractivity (Wildman–Crippen MR) is 129 cm³/mol. The highest BCUT2D eigenvalue weighted by Crippen LogP contribution is 2.25. The second-order valence-electron chi connectivity index (χ2n) is 6.65. The quantitative estimate of drug-likeness (QED) is 0.198. The Morgan fingerprint density at radius 3 is 2.24 bits per heavy atom. The second kappa shape index (κ2) is 11.0. The van der Waals surface area contributed by atoms with Crippen LogP contribution in [0.3, 0.4) is 0 Å². The average Bonchev–Trinajstić information content (AvgIpc) is 2.75. The van der Waals surface area contributed by atoms with Crippen LogP contribution in [-0.4, -0.2) is 24.0 Å². The standard InChI is InChI=1S/C23H16Cl3N3O4/c1-13(30)28-18-6-2-14(3-7-18)22(31)29-27-12-15-10-16(24)5-9-21(15)33-23(32)19-8-4-17(25)11-20(19)26/h2-12H,1H3,(H,28,30)(H,29,31)/b27-12+. The lowest BCUT2D eigenvalue weighted by Gasteiger charge is -2.09. The summed E-state index contributed by atoms with van der Waals surface area (Å²) >= 11 is 18.0. The number of amides is 2. The van der Waals surface area contributed by atoms with Gasteiger partial charge in [0, 0.05) is 33.8 Å². The summed E-state index contributed by atoms with van der Waals surface area (Å²) in [6, 6.07) is 15.2. The van der Waals surface area contributed by atoms with Crippen LogP contribution in [0.15, 0.2) is 65.8 Å². The van der Waals surface area contributed by atoms with Crippen molar-refractivity contribution in [2.45, 2.75) is 6.92 Å². The smallest absolute Gasteiger partial charge is 0.345 e. The van der Waals surface area contributed by atoms with Gasteiger partial charge in [0.1, 0.15) is 5.75 Å². The molecule has 0 aliphatic carbocycles. The van der Waals surface area contributed by atoms with Crippen LogP contribution in [0.2, 0.25) is 15.1 Å². The third-order valence-electron chi connectivity index (χ3n) is 4.16. The van der Waals surface area contributed by atoms with Crippen LogP contribution in [0.1, 0.15) is 33.2 Å². The maximum atomic E-state index is 12.5. The van der Waals surface area contributed by atoms with Crippen molar-refractivity contribution in [2.24, 2.45) is 5.10 Å². The monoisotopic (exact) mass is 503 g/mol. The highest BCUT2D eigenvalue weighted by molar-refractivity contribution is 6.36. The van der Waals surface area contributed by atoms with E-state index in [1.54, 1.807) is 30.3 Å². The molecule has 0 aliphatic rings. The van der Waals surface area contributed by atoms with Gasteiger partial charge in [-0.05, 0) is 60.7 Å². The Morgan fingerprint density at radius 2 is 1.58 bits per heavy atom. The van der Waals surface area contributed by atoms with E-state index in [0.717, 1.165) is 0 Å². The van der Waals surface area contributed by atoms with Crippen molar-refractivity contribution in [3.63, 3.8) is 0 Å². The third kappa shape index (κ3) is 6.79. The Balaban J connectivity index is 1.71. The molecule has 2 N–H and O–H groups in total. The van der Waals surface area contributed by atoms with Gasteiger partial charge in [0.2, 0.25) is 5.91 Å². The van der Waals surface area contributed by atoms with Crippen LogP contribution in [0.25, 0.3) is 0 Å². The summed E-state index contributed by atoms with van der Waals surface area (Å²) in [7, 11) is 0. The molecule has 2 amide bonds. The number of nitrogens with zero attached hydrogens (tertiary/aromatic N) is 1. The van der Waals surface area contributed by atoms with Crippen molar-refractivity contribution in [3.05, 3.63) is 92.4 Å². The summed E-state index contributed by atoms with van der Waals surface area (Å²) in [6.45, 7) is 1.39. The van der Waals surface area contributed by atoms with Crippen LogP contribution in [-0.2, 0) is 4.79 Å². The van der Waals surface area contributed by atoms with Crippen molar-refractivity contribution in [2.75, 3.05) is 5.32 Å². The number of ether oxygens (including phenoxy) is 1. The minimum absolute atomic E-state index is 0.134. The van der Waals surface area contributed by atoms with Gasteiger partial charge >= 0.3 is 5.97 Å². The molecule has 0 atom stereocenters. The molecule has 0 unspecified atom stereocenters. The first-order valence-corrected chi connectivity index (χ1v) is 10.5. The van der Waals surface area contributed by atoms with Crippen molar-refractivity contribution in [3.8, 4) is 5.75 Å². The topological polar surface area (TPSA) is 96.9 Å². The molecule has 0 aliphatic heterocycles. The van der Waals surface area contributed by atoms with E-state index >= 15 is 0 Å². The lowest BCUT2D eigenvalue weighted by atomic mass is 10.2. The first-order valence-electron chi connectivity index (χ1n) is 9.41. The summed E-state index contributed by atoms with van der Waals surface area (Å²) in [6.07, 6.45) is 1.29. The molecular formula is C23H16Cl3N3O4. The Morgan fingerprint density at radius 1 is 0.909 bits per heavy atom. The normalized spacial score (nSPS) is 10.7. The summed E-state index contributed by atoms with van der Waals surface area (Å²) in [5, 5.41) is 7.43. The van der Waals surface area contributed by atoms with Gasteiger partial charge in [-0.2, -0.15) is 5.10 Å². The molecule has 168 valence electrons. The summed E-state index contributed by atoms with van der Waals surface area (Å²) in [4.78, 5) is 35.9. The zero-order chi connectivity index (χ0) is 24.0. The second-order valence-corrected chi connectivity index (χ2v) is 7.93. The minimum atomic E-state index is -0.697. The number of benzene rings is 3. The number of hydrogen-bond donors (Lipinski definition) is 2. The molecule has 0 saturated heterocycles. The van der Waals surface area contributed by atoms with Gasteiger partial charge in [-0.3, -0.25) is 9.59 Å². The number of rotatable bonds is 6. The summed E-state index contributed by atoms with van der Waals surface area (Å²) in [5.74, 6) is -1.23. The number of hydrogen-bond acceptors (Lipinski definition) is 5. The van der Waals surface area contributed by atoms with Gasteiger partial charge in [-0.25, -0.2) is 10.2 Å². The molecule has 0 saturated carbocycles. The maximum absolute atomic E-state index is 12.5. The highest BCUT2D eigenvalue weighted by atomic mass is 35.5. The van der Waals surface area contributed by atoms with E-state index in [0.29, 0.717) is 26.9 Å². The van der Waals surface area contributed by atoms with Crippen molar-refractivity contribution in [1.82, 2.24) is 5.43 Å². The number of esters is 1. The number of halogens is 3. The molecule has 0 aromatic heterocycles. The molecule has 3 aromatic rings. The zero-order valence-corrected chi connectivity index (χ0v) is 19.3. The highest BCUT2D eigenvalue weighted by Gasteiger charge is 2.15. The molecule has 0 fully saturated rings. The van der Waals surface area contributed by atoms with Crippen LogP contribution in [0.4, 0.5) is 5.69 Å². The van der Waals surface area contributed by atoms with Crippen LogP contribution >= 0.6 is 34.8 Å². The SMILES string of the molecule is CC(=O)Nc1ccc(C(=O)N/N=C/c2cc(Cl)ccc2OC(=O)c2ccc(Cl)cc2Cl)cc1. The first kappa shape index (κ1) is 24.3. The molecule has 33 heavy (non-hydrogen) atoms. The van der Waals surface area contributed by atoms with Gasteiger partial charge in [0.25, 0.3) is 5.91 Å². The van der Waals surface area contributed by atoms with Crippen LogP contribution in [0, 0.1) is 0 Å². The average molecular weight is 505 g/mol. The number of carbonyl (C=O) groups excluding carboxylic acids is 3. The fourth-order valence-electron chi connectivity index (χ4n) is 2.66. The summed E-state index contributed by atoms with van der Waals surface area (Å²) < 4.78 is 5.43. The van der Waals surface area contributed by atoms with Crippen LogP contribution < -0.4 is 15.5 Å². The fraction of sp³-hybridized carbons (Fsp3) is 0.0435. The van der Waals surface area contributed by atoms with E-state index in [-0.39, 0.29) is 22.2 Å². The number of hydrazone groups is 1. The molecule has 3 rings (SSSR count). The van der Waals surface area contributed by atoms with E-state index in [1.165, 1.54) is 43.5 Å². The van der Waals surface area contributed by atoms with Gasteiger partial charge < -0.3 is 10.1 Å². The molecule has 7 nitrogen and oxygen atoms in total. The third-order valence-corrected chi connectivity index (χ3v) is 4.95. The molecule has 0 radical (unpaired) electrons. The number of nitrogens with one attached hydrogen (secondary N) is 2. The number of anilines is 1. The Hall–Kier alpha value is -3.39. The Bertz CT molecular complexity index is 1240. The Kier molecular flexibility index (Phi) is 8.06. The fourth-order valence-corrected chi connectivity index (χ4v) is 3.32. The molecule has 3 aromatic carbocycles. The molecule has 0 bridgehead atoms. The van der Waals surface area contributed by atoms with Gasteiger partial charge in [-0.15, -0.1) is 0 Å². The minimum Gasteiger partial charge on any atom is -0.422 e. The zero-order valence-electron chi connectivity index (χ0n) is 17.1. The molecular weight excluding hydrogens is 489 g/mol. The molecule has 10 heteroatoms. The van der Waals surface area contributed by atoms with Crippen molar-refractivity contribution < 1.29 is 19.1 Å². The van der Waals surface area contributed by atoms with Crippen molar-refractivity contribution >= 4 is 64.5 Å². The molecule has 0 spiro atoms. The summed E-state index contributed by atoms with van der Waals surface area (Å²) in [5.41, 5.74) is 3.76. The van der Waals surface area contributed by atoms with E-state index in [2.05, 4.69) is 15.8 Å². The van der Waals surface area contributed by atoms with E-state index in [9.17, 15) is 14.4 Å². The van der Waals surface area contributed by atoms with Gasteiger partial charge in [-0.1, -0.05) is 34.8 Å². The van der Waals surface area contributed by atoms with E-state index in [1.807, 2.05) is 0 Å². The molecule has 0 heterocycles. The van der Waals surface area contributed by atoms with Crippen LogP contribution in [0.5, 0.6) is 5.75 Å². The van der Waals surface area contributed by atoms with E-state index in [4.69, 9.17) is 39.5 Å².